The van der Waals surface area contributed by atoms with Crippen molar-refractivity contribution in [3.63, 3.8) is 0 Å². The van der Waals surface area contributed by atoms with Crippen LogP contribution in [0.25, 0.3) is 11.0 Å². The van der Waals surface area contributed by atoms with Gasteiger partial charge in [0.1, 0.15) is 11.6 Å². The Hall–Kier alpha value is -2.67. The largest absolute Gasteiger partial charge is 0.323 e. The van der Waals surface area contributed by atoms with Gasteiger partial charge in [-0.05, 0) is 30.2 Å². The third kappa shape index (κ3) is 2.50. The normalized spacial score (nSPS) is 10.7. The first-order chi connectivity index (χ1) is 10.2. The minimum Gasteiger partial charge on any atom is -0.323 e. The predicted molar refractivity (Wildman–Crippen MR) is 79.3 cm³/mol. The Labute approximate surface area is 122 Å². The highest BCUT2D eigenvalue weighted by atomic mass is 19.1. The number of imidazole rings is 1. The number of benzene rings is 2. The second kappa shape index (κ2) is 5.37. The molecule has 0 aliphatic heterocycles. The van der Waals surface area contributed by atoms with Crippen LogP contribution in [0.15, 0.2) is 42.5 Å². The molecule has 1 heterocycles. The summed E-state index contributed by atoms with van der Waals surface area (Å²) in [6.45, 7) is 2.68. The van der Waals surface area contributed by atoms with Gasteiger partial charge in [-0.15, -0.1) is 0 Å². The molecule has 0 N–H and O–H groups in total. The summed E-state index contributed by atoms with van der Waals surface area (Å²) in [6.07, 6.45) is 0.210. The Morgan fingerprint density at radius 3 is 2.81 bits per heavy atom. The van der Waals surface area contributed by atoms with Crippen molar-refractivity contribution in [1.29, 1.82) is 5.26 Å². The van der Waals surface area contributed by atoms with Crippen molar-refractivity contribution in [3.05, 3.63) is 65.2 Å². The highest BCUT2D eigenvalue weighted by Crippen LogP contribution is 2.20. The third-order valence-electron chi connectivity index (χ3n) is 3.62. The summed E-state index contributed by atoms with van der Waals surface area (Å²) in [5.74, 6) is 0.355. The molecule has 0 spiro atoms. The SMILES string of the molecule is Cc1ccccc1Cn1c(CC#N)nc2cc(F)ccc21. The summed E-state index contributed by atoms with van der Waals surface area (Å²) in [4.78, 5) is 4.39. The monoisotopic (exact) mass is 279 g/mol. The maximum absolute atomic E-state index is 13.3. The van der Waals surface area contributed by atoms with E-state index in [4.69, 9.17) is 5.26 Å². The Balaban J connectivity index is 2.14. The zero-order valence-electron chi connectivity index (χ0n) is 11.7. The van der Waals surface area contributed by atoms with Gasteiger partial charge in [0.05, 0.1) is 23.5 Å². The lowest BCUT2D eigenvalue weighted by Crippen LogP contribution is -2.06. The fourth-order valence-electron chi connectivity index (χ4n) is 2.49. The number of hydrogen-bond donors (Lipinski definition) is 0. The van der Waals surface area contributed by atoms with E-state index in [1.54, 1.807) is 6.07 Å². The minimum atomic E-state index is -0.313. The van der Waals surface area contributed by atoms with Gasteiger partial charge in [0, 0.05) is 12.6 Å². The fraction of sp³-hybridized carbons (Fsp3) is 0.176. The summed E-state index contributed by atoms with van der Waals surface area (Å²) in [6, 6.07) is 14.8. The van der Waals surface area contributed by atoms with E-state index in [1.807, 2.05) is 16.7 Å². The van der Waals surface area contributed by atoms with Crippen molar-refractivity contribution in [2.24, 2.45) is 0 Å². The summed E-state index contributed by atoms with van der Waals surface area (Å²) in [5, 5.41) is 8.97. The molecule has 0 saturated carbocycles. The van der Waals surface area contributed by atoms with Crippen LogP contribution in [0.5, 0.6) is 0 Å². The molecule has 3 nitrogen and oxygen atoms in total. The van der Waals surface area contributed by atoms with E-state index in [2.05, 4.69) is 30.1 Å². The number of nitrogens with zero attached hydrogens (tertiary/aromatic N) is 3. The molecule has 1 aromatic heterocycles. The van der Waals surface area contributed by atoms with Crippen LogP contribution in [0.4, 0.5) is 4.39 Å². The average molecular weight is 279 g/mol. The van der Waals surface area contributed by atoms with Gasteiger partial charge >= 0.3 is 0 Å². The lowest BCUT2D eigenvalue weighted by molar-refractivity contribution is 0.629. The molecule has 3 aromatic rings. The minimum absolute atomic E-state index is 0.210. The number of rotatable bonds is 3. The molecule has 0 unspecified atom stereocenters. The number of fused-ring (bicyclic) bond motifs is 1. The average Bonchev–Trinajstić information content (AvgIpc) is 2.79. The van der Waals surface area contributed by atoms with Crippen LogP contribution in [-0.4, -0.2) is 9.55 Å². The molecular weight excluding hydrogens is 265 g/mol. The second-order valence-corrected chi connectivity index (χ2v) is 5.01. The van der Waals surface area contributed by atoms with E-state index in [1.165, 1.54) is 23.3 Å². The number of aromatic nitrogens is 2. The zero-order chi connectivity index (χ0) is 14.8. The van der Waals surface area contributed by atoms with Crippen molar-refractivity contribution in [3.8, 4) is 6.07 Å². The molecule has 0 amide bonds. The van der Waals surface area contributed by atoms with E-state index < -0.39 is 0 Å². The highest BCUT2D eigenvalue weighted by molar-refractivity contribution is 5.76. The van der Waals surface area contributed by atoms with Crippen molar-refractivity contribution < 1.29 is 4.39 Å². The molecule has 104 valence electrons. The number of aryl methyl sites for hydroxylation is 1. The maximum atomic E-state index is 13.3. The molecule has 0 fully saturated rings. The first-order valence-electron chi connectivity index (χ1n) is 6.75. The maximum Gasteiger partial charge on any atom is 0.125 e. The van der Waals surface area contributed by atoms with Crippen molar-refractivity contribution in [2.45, 2.75) is 19.9 Å². The smallest absolute Gasteiger partial charge is 0.125 e. The molecule has 0 aliphatic carbocycles. The van der Waals surface area contributed by atoms with Crippen molar-refractivity contribution >= 4 is 11.0 Å². The van der Waals surface area contributed by atoms with Crippen LogP contribution < -0.4 is 0 Å². The quantitative estimate of drug-likeness (QED) is 0.735. The van der Waals surface area contributed by atoms with Crippen LogP contribution in [0, 0.1) is 24.1 Å². The molecule has 21 heavy (non-hydrogen) atoms. The predicted octanol–water partition coefficient (Wildman–Crippen LogP) is 3.60. The third-order valence-corrected chi connectivity index (χ3v) is 3.62. The summed E-state index contributed by atoms with van der Waals surface area (Å²) >= 11 is 0. The summed E-state index contributed by atoms with van der Waals surface area (Å²) in [5.41, 5.74) is 3.79. The number of hydrogen-bond acceptors (Lipinski definition) is 2. The van der Waals surface area contributed by atoms with Crippen LogP contribution in [0.1, 0.15) is 17.0 Å². The molecule has 3 rings (SSSR count). The molecule has 0 saturated heterocycles. The molecule has 4 heteroatoms. The standard InChI is InChI=1S/C17H14FN3/c1-12-4-2-3-5-13(12)11-21-16-7-6-14(18)10-15(16)20-17(21)8-9-19/h2-7,10H,8,11H2,1H3. The Bertz CT molecular complexity index is 843. The Morgan fingerprint density at radius 1 is 1.24 bits per heavy atom. The summed E-state index contributed by atoms with van der Waals surface area (Å²) < 4.78 is 15.3. The fourth-order valence-corrected chi connectivity index (χ4v) is 2.49. The lowest BCUT2D eigenvalue weighted by atomic mass is 10.1. The van der Waals surface area contributed by atoms with Gasteiger partial charge in [0.15, 0.2) is 0 Å². The van der Waals surface area contributed by atoms with Gasteiger partial charge in [-0.3, -0.25) is 0 Å². The lowest BCUT2D eigenvalue weighted by Gasteiger charge is -2.10. The summed E-state index contributed by atoms with van der Waals surface area (Å²) in [7, 11) is 0. The number of halogens is 1. The van der Waals surface area contributed by atoms with E-state index >= 15 is 0 Å². The van der Waals surface area contributed by atoms with Crippen LogP contribution in [0.3, 0.4) is 0 Å². The highest BCUT2D eigenvalue weighted by Gasteiger charge is 2.12. The Morgan fingerprint density at radius 2 is 2.05 bits per heavy atom. The van der Waals surface area contributed by atoms with Gasteiger partial charge in [-0.2, -0.15) is 5.26 Å². The van der Waals surface area contributed by atoms with Gasteiger partial charge < -0.3 is 4.57 Å². The molecule has 2 aromatic carbocycles. The van der Waals surface area contributed by atoms with Crippen molar-refractivity contribution in [2.75, 3.05) is 0 Å². The molecule has 0 atom stereocenters. The van der Waals surface area contributed by atoms with E-state index in [0.29, 0.717) is 17.9 Å². The van der Waals surface area contributed by atoms with E-state index in [0.717, 1.165) is 5.52 Å². The second-order valence-electron chi connectivity index (χ2n) is 5.01. The van der Waals surface area contributed by atoms with E-state index in [-0.39, 0.29) is 12.2 Å². The zero-order valence-corrected chi connectivity index (χ0v) is 11.7. The van der Waals surface area contributed by atoms with Crippen LogP contribution >= 0.6 is 0 Å². The molecule has 0 aliphatic rings. The van der Waals surface area contributed by atoms with Crippen molar-refractivity contribution in [1.82, 2.24) is 9.55 Å². The van der Waals surface area contributed by atoms with Gasteiger partial charge in [-0.1, -0.05) is 24.3 Å². The number of nitriles is 1. The van der Waals surface area contributed by atoms with Crippen LogP contribution in [-0.2, 0) is 13.0 Å². The molecule has 0 radical (unpaired) electrons. The molecular formula is C17H14FN3. The van der Waals surface area contributed by atoms with E-state index in [9.17, 15) is 4.39 Å². The topological polar surface area (TPSA) is 41.6 Å². The first-order valence-corrected chi connectivity index (χ1v) is 6.75. The van der Waals surface area contributed by atoms with Crippen LogP contribution in [0.2, 0.25) is 0 Å². The first kappa shape index (κ1) is 13.3. The van der Waals surface area contributed by atoms with Gasteiger partial charge in [0.25, 0.3) is 0 Å². The van der Waals surface area contributed by atoms with Gasteiger partial charge in [0.2, 0.25) is 0 Å². The molecule has 0 bridgehead atoms. The Kier molecular flexibility index (Phi) is 3.41. The van der Waals surface area contributed by atoms with Gasteiger partial charge in [-0.25, -0.2) is 9.37 Å².